The molecule has 0 bridgehead atoms. The summed E-state index contributed by atoms with van der Waals surface area (Å²) < 4.78 is 37.5. The van der Waals surface area contributed by atoms with Gasteiger partial charge in [0.1, 0.15) is 0 Å². The molecule has 0 saturated carbocycles. The van der Waals surface area contributed by atoms with Gasteiger partial charge in [0.2, 0.25) is 0 Å². The van der Waals surface area contributed by atoms with E-state index >= 15 is 0 Å². The quantitative estimate of drug-likeness (QED) is 0.820. The number of benzene rings is 1. The summed E-state index contributed by atoms with van der Waals surface area (Å²) in [7, 11) is 0. The first-order valence-electron chi connectivity index (χ1n) is 6.30. The molecule has 0 unspecified atom stereocenters. The molecule has 2 amide bonds. The van der Waals surface area contributed by atoms with Crippen LogP contribution < -0.4 is 5.32 Å². The number of nitrogens with one attached hydrogen (secondary N) is 1. The summed E-state index contributed by atoms with van der Waals surface area (Å²) in [6.07, 6.45) is -1.48. The summed E-state index contributed by atoms with van der Waals surface area (Å²) in [4.78, 5) is 13.6. The molecule has 1 aliphatic heterocycles. The number of carbonyl (C=O) groups is 1. The van der Waals surface area contributed by atoms with Crippen LogP contribution in [-0.2, 0) is 6.18 Å². The second-order valence-electron chi connectivity index (χ2n) is 4.67. The van der Waals surface area contributed by atoms with Gasteiger partial charge in [-0.3, -0.25) is 0 Å². The molecule has 0 radical (unpaired) electrons. The molecule has 1 fully saturated rings. The SMILES string of the molecule is O=C(Nc1ccc(C(F)(F)F)cc1Cl)N1CCCCC1. The number of urea groups is 1. The fourth-order valence-corrected chi connectivity index (χ4v) is 2.31. The summed E-state index contributed by atoms with van der Waals surface area (Å²) in [5.41, 5.74) is -0.645. The lowest BCUT2D eigenvalue weighted by Gasteiger charge is -2.27. The Morgan fingerprint density at radius 1 is 1.20 bits per heavy atom. The number of anilines is 1. The first kappa shape index (κ1) is 15.0. The number of hydrogen-bond acceptors (Lipinski definition) is 1. The van der Waals surface area contributed by atoms with Crippen LogP contribution in [0, 0.1) is 0 Å². The number of alkyl halides is 3. The van der Waals surface area contributed by atoms with E-state index in [0.29, 0.717) is 13.1 Å². The predicted molar refractivity (Wildman–Crippen MR) is 70.9 cm³/mol. The summed E-state index contributed by atoms with van der Waals surface area (Å²) in [6.45, 7) is 1.31. The molecule has 0 aliphatic carbocycles. The molecule has 3 nitrogen and oxygen atoms in total. The fourth-order valence-electron chi connectivity index (χ4n) is 2.08. The minimum absolute atomic E-state index is 0.120. The van der Waals surface area contributed by atoms with E-state index in [9.17, 15) is 18.0 Å². The minimum Gasteiger partial charge on any atom is -0.325 e. The maximum absolute atomic E-state index is 12.5. The largest absolute Gasteiger partial charge is 0.416 e. The molecule has 0 spiro atoms. The average molecular weight is 307 g/mol. The molecule has 20 heavy (non-hydrogen) atoms. The molecule has 1 aromatic carbocycles. The molecule has 1 heterocycles. The molecule has 1 aliphatic rings. The van der Waals surface area contributed by atoms with Crippen LogP contribution in [0.3, 0.4) is 0 Å². The zero-order valence-corrected chi connectivity index (χ0v) is 11.4. The lowest BCUT2D eigenvalue weighted by molar-refractivity contribution is -0.137. The van der Waals surface area contributed by atoms with Gasteiger partial charge in [-0.15, -0.1) is 0 Å². The normalized spacial score (nSPS) is 16.1. The lowest BCUT2D eigenvalue weighted by atomic mass is 10.1. The molecular weight excluding hydrogens is 293 g/mol. The van der Waals surface area contributed by atoms with Crippen LogP contribution in [0.4, 0.5) is 23.7 Å². The van der Waals surface area contributed by atoms with Crippen molar-refractivity contribution < 1.29 is 18.0 Å². The van der Waals surface area contributed by atoms with Gasteiger partial charge < -0.3 is 10.2 Å². The van der Waals surface area contributed by atoms with Crippen molar-refractivity contribution in [3.05, 3.63) is 28.8 Å². The second-order valence-corrected chi connectivity index (χ2v) is 5.08. The van der Waals surface area contributed by atoms with Crippen molar-refractivity contribution >= 4 is 23.3 Å². The van der Waals surface area contributed by atoms with E-state index in [1.54, 1.807) is 4.90 Å². The Kier molecular flexibility index (Phi) is 4.42. The molecule has 1 N–H and O–H groups in total. The number of piperidine rings is 1. The van der Waals surface area contributed by atoms with Gasteiger partial charge in [0.05, 0.1) is 16.3 Å². The molecule has 2 rings (SSSR count). The summed E-state index contributed by atoms with van der Waals surface area (Å²) in [5.74, 6) is 0. The monoisotopic (exact) mass is 306 g/mol. The summed E-state index contributed by atoms with van der Waals surface area (Å²) in [5, 5.41) is 2.43. The van der Waals surface area contributed by atoms with Crippen LogP contribution >= 0.6 is 11.6 Å². The van der Waals surface area contributed by atoms with Gasteiger partial charge in [0.25, 0.3) is 0 Å². The van der Waals surface area contributed by atoms with Gasteiger partial charge in [0, 0.05) is 13.1 Å². The molecule has 7 heteroatoms. The third-order valence-corrected chi connectivity index (χ3v) is 3.49. The highest BCUT2D eigenvalue weighted by molar-refractivity contribution is 6.33. The molecule has 1 aromatic rings. The van der Waals surface area contributed by atoms with Gasteiger partial charge in [0.15, 0.2) is 0 Å². The van der Waals surface area contributed by atoms with Crippen molar-refractivity contribution in [2.24, 2.45) is 0 Å². The van der Waals surface area contributed by atoms with Crippen molar-refractivity contribution in [3.63, 3.8) is 0 Å². The van der Waals surface area contributed by atoms with Crippen molar-refractivity contribution in [2.45, 2.75) is 25.4 Å². The number of likely N-dealkylation sites (tertiary alicyclic amines) is 1. The van der Waals surface area contributed by atoms with E-state index in [4.69, 9.17) is 11.6 Å². The highest BCUT2D eigenvalue weighted by atomic mass is 35.5. The molecule has 0 atom stereocenters. The third-order valence-electron chi connectivity index (χ3n) is 3.18. The number of hydrogen-bond donors (Lipinski definition) is 1. The van der Waals surface area contributed by atoms with E-state index in [1.807, 2.05) is 0 Å². The van der Waals surface area contributed by atoms with Crippen LogP contribution in [0.25, 0.3) is 0 Å². The Morgan fingerprint density at radius 2 is 1.85 bits per heavy atom. The molecule has 1 saturated heterocycles. The van der Waals surface area contributed by atoms with E-state index in [2.05, 4.69) is 5.32 Å². The first-order chi connectivity index (χ1) is 9.38. The third kappa shape index (κ3) is 3.56. The smallest absolute Gasteiger partial charge is 0.325 e. The zero-order chi connectivity index (χ0) is 14.8. The van der Waals surface area contributed by atoms with Crippen molar-refractivity contribution in [2.75, 3.05) is 18.4 Å². The van der Waals surface area contributed by atoms with E-state index in [1.165, 1.54) is 6.07 Å². The second kappa shape index (κ2) is 5.91. The summed E-state index contributed by atoms with van der Waals surface area (Å²) in [6, 6.07) is 2.56. The topological polar surface area (TPSA) is 32.3 Å². The van der Waals surface area contributed by atoms with Crippen molar-refractivity contribution in [1.82, 2.24) is 4.90 Å². The van der Waals surface area contributed by atoms with Crippen LogP contribution in [0.15, 0.2) is 18.2 Å². The highest BCUT2D eigenvalue weighted by Crippen LogP contribution is 2.33. The lowest BCUT2D eigenvalue weighted by Crippen LogP contribution is -2.38. The van der Waals surface area contributed by atoms with Crippen LogP contribution in [0.2, 0.25) is 5.02 Å². The number of halogens is 4. The Labute approximate surface area is 119 Å². The Bertz CT molecular complexity index is 499. The molecular formula is C13H14ClF3N2O. The number of amides is 2. The van der Waals surface area contributed by atoms with Crippen molar-refractivity contribution in [1.29, 1.82) is 0 Å². The van der Waals surface area contributed by atoms with Gasteiger partial charge in [-0.25, -0.2) is 4.79 Å². The fraction of sp³-hybridized carbons (Fsp3) is 0.462. The molecule has 110 valence electrons. The van der Waals surface area contributed by atoms with E-state index in [0.717, 1.165) is 31.4 Å². The number of carbonyl (C=O) groups excluding carboxylic acids is 1. The Morgan fingerprint density at radius 3 is 2.40 bits per heavy atom. The minimum atomic E-state index is -4.45. The van der Waals surface area contributed by atoms with Crippen LogP contribution in [0.1, 0.15) is 24.8 Å². The number of rotatable bonds is 1. The number of nitrogens with zero attached hydrogens (tertiary/aromatic N) is 1. The maximum atomic E-state index is 12.5. The predicted octanol–water partition coefficient (Wildman–Crippen LogP) is 4.38. The first-order valence-corrected chi connectivity index (χ1v) is 6.68. The van der Waals surface area contributed by atoms with E-state index < -0.39 is 11.7 Å². The molecule has 0 aromatic heterocycles. The van der Waals surface area contributed by atoms with Gasteiger partial charge in [-0.1, -0.05) is 11.6 Å². The standard InChI is InChI=1S/C13H14ClF3N2O/c14-10-8-9(13(15,16)17)4-5-11(10)18-12(20)19-6-2-1-3-7-19/h4-5,8H,1-3,6-7H2,(H,18,20). The Hall–Kier alpha value is -1.43. The van der Waals surface area contributed by atoms with Gasteiger partial charge >= 0.3 is 12.2 Å². The van der Waals surface area contributed by atoms with Crippen molar-refractivity contribution in [3.8, 4) is 0 Å². The van der Waals surface area contributed by atoms with Crippen LogP contribution in [0.5, 0.6) is 0 Å². The average Bonchev–Trinajstić information content (AvgIpc) is 2.41. The van der Waals surface area contributed by atoms with Gasteiger partial charge in [-0.2, -0.15) is 13.2 Å². The zero-order valence-electron chi connectivity index (χ0n) is 10.6. The Balaban J connectivity index is 2.08. The van der Waals surface area contributed by atoms with Gasteiger partial charge in [-0.05, 0) is 37.5 Å². The van der Waals surface area contributed by atoms with E-state index in [-0.39, 0.29) is 16.7 Å². The summed E-state index contributed by atoms with van der Waals surface area (Å²) >= 11 is 5.79. The maximum Gasteiger partial charge on any atom is 0.416 e. The van der Waals surface area contributed by atoms with Crippen LogP contribution in [-0.4, -0.2) is 24.0 Å². The highest BCUT2D eigenvalue weighted by Gasteiger charge is 2.31.